The molecule has 1 aliphatic rings. The SMILES string of the molecule is CC1=Nc2ccccc2[C@@H](c2ccc(Cl)cc2)N1CC(=O)NN. The van der Waals surface area contributed by atoms with Gasteiger partial charge in [-0.15, -0.1) is 0 Å². The molecule has 0 aliphatic carbocycles. The number of amides is 1. The highest BCUT2D eigenvalue weighted by molar-refractivity contribution is 6.30. The molecule has 6 heteroatoms. The van der Waals surface area contributed by atoms with Crippen LogP contribution < -0.4 is 11.3 Å². The topological polar surface area (TPSA) is 70.7 Å². The zero-order valence-electron chi connectivity index (χ0n) is 12.7. The van der Waals surface area contributed by atoms with Gasteiger partial charge in [-0.2, -0.15) is 0 Å². The second-order valence-corrected chi connectivity index (χ2v) is 5.80. The van der Waals surface area contributed by atoms with Crippen LogP contribution in [0.1, 0.15) is 24.1 Å². The molecule has 1 amide bonds. The second-order valence-electron chi connectivity index (χ2n) is 5.37. The highest BCUT2D eigenvalue weighted by Gasteiger charge is 2.30. The summed E-state index contributed by atoms with van der Waals surface area (Å²) in [7, 11) is 0. The van der Waals surface area contributed by atoms with Gasteiger partial charge in [0.15, 0.2) is 0 Å². The molecular weight excluding hydrogens is 312 g/mol. The minimum atomic E-state index is -0.266. The first-order chi connectivity index (χ1) is 11.1. The van der Waals surface area contributed by atoms with Crippen LogP contribution in [0.2, 0.25) is 5.02 Å². The number of para-hydroxylation sites is 1. The van der Waals surface area contributed by atoms with Crippen LogP contribution in [-0.2, 0) is 4.79 Å². The van der Waals surface area contributed by atoms with Crippen molar-refractivity contribution >= 4 is 29.0 Å². The van der Waals surface area contributed by atoms with Gasteiger partial charge >= 0.3 is 0 Å². The number of halogens is 1. The molecule has 2 aromatic carbocycles. The molecule has 0 aromatic heterocycles. The largest absolute Gasteiger partial charge is 0.340 e. The Morgan fingerprint density at radius 3 is 2.65 bits per heavy atom. The lowest BCUT2D eigenvalue weighted by Gasteiger charge is -2.37. The molecule has 1 aliphatic heterocycles. The summed E-state index contributed by atoms with van der Waals surface area (Å²) < 4.78 is 0. The van der Waals surface area contributed by atoms with Gasteiger partial charge < -0.3 is 4.90 Å². The van der Waals surface area contributed by atoms with Gasteiger partial charge in [-0.1, -0.05) is 41.9 Å². The van der Waals surface area contributed by atoms with Gasteiger partial charge in [0.05, 0.1) is 11.7 Å². The molecule has 3 rings (SSSR count). The first kappa shape index (κ1) is 15.5. The number of hydrazine groups is 1. The summed E-state index contributed by atoms with van der Waals surface area (Å²) >= 11 is 6.00. The summed E-state index contributed by atoms with van der Waals surface area (Å²) in [6.45, 7) is 2.02. The fraction of sp³-hybridized carbons (Fsp3) is 0.176. The second kappa shape index (κ2) is 6.40. The molecule has 0 unspecified atom stereocenters. The smallest absolute Gasteiger partial charge is 0.253 e. The van der Waals surface area contributed by atoms with Crippen molar-refractivity contribution in [1.82, 2.24) is 10.3 Å². The molecular formula is C17H17ClN4O. The fourth-order valence-electron chi connectivity index (χ4n) is 2.82. The van der Waals surface area contributed by atoms with Crippen molar-refractivity contribution in [2.24, 2.45) is 10.8 Å². The van der Waals surface area contributed by atoms with Gasteiger partial charge in [-0.05, 0) is 30.7 Å². The van der Waals surface area contributed by atoms with Gasteiger partial charge in [-0.25, -0.2) is 10.8 Å². The van der Waals surface area contributed by atoms with E-state index < -0.39 is 0 Å². The number of fused-ring (bicyclic) bond motifs is 1. The molecule has 1 atom stereocenters. The van der Waals surface area contributed by atoms with Crippen LogP contribution in [0, 0.1) is 0 Å². The van der Waals surface area contributed by atoms with E-state index in [1.165, 1.54) is 0 Å². The molecule has 2 aromatic rings. The van der Waals surface area contributed by atoms with E-state index in [0.29, 0.717) is 5.02 Å². The van der Waals surface area contributed by atoms with E-state index in [1.54, 1.807) is 0 Å². The van der Waals surface area contributed by atoms with Crippen LogP contribution in [0.4, 0.5) is 5.69 Å². The normalized spacial score (nSPS) is 16.6. The summed E-state index contributed by atoms with van der Waals surface area (Å²) in [4.78, 5) is 18.4. The number of hydrogen-bond donors (Lipinski definition) is 2. The molecule has 0 saturated carbocycles. The maximum absolute atomic E-state index is 11.8. The Morgan fingerprint density at radius 1 is 1.26 bits per heavy atom. The zero-order chi connectivity index (χ0) is 16.4. The average molecular weight is 329 g/mol. The molecule has 118 valence electrons. The number of carbonyl (C=O) groups excluding carboxylic acids is 1. The van der Waals surface area contributed by atoms with Gasteiger partial charge in [0.2, 0.25) is 0 Å². The summed E-state index contributed by atoms with van der Waals surface area (Å²) in [6, 6.07) is 15.4. The quantitative estimate of drug-likeness (QED) is 0.517. The van der Waals surface area contributed by atoms with Crippen molar-refractivity contribution in [3.05, 3.63) is 64.7 Å². The number of carbonyl (C=O) groups is 1. The molecule has 0 radical (unpaired) electrons. The minimum Gasteiger partial charge on any atom is -0.340 e. The third-order valence-electron chi connectivity index (χ3n) is 3.90. The maximum Gasteiger partial charge on any atom is 0.253 e. The van der Waals surface area contributed by atoms with Crippen molar-refractivity contribution in [1.29, 1.82) is 0 Å². The Bertz CT molecular complexity index is 757. The van der Waals surface area contributed by atoms with Crippen molar-refractivity contribution < 1.29 is 4.79 Å². The Labute approximate surface area is 139 Å². The van der Waals surface area contributed by atoms with Gasteiger partial charge in [-0.3, -0.25) is 10.2 Å². The van der Waals surface area contributed by atoms with E-state index in [2.05, 4.69) is 10.4 Å². The summed E-state index contributed by atoms with van der Waals surface area (Å²) in [5.74, 6) is 5.75. The Hall–Kier alpha value is -2.37. The third-order valence-corrected chi connectivity index (χ3v) is 4.15. The Kier molecular flexibility index (Phi) is 4.32. The monoisotopic (exact) mass is 328 g/mol. The molecule has 23 heavy (non-hydrogen) atoms. The molecule has 0 fully saturated rings. The first-order valence-corrected chi connectivity index (χ1v) is 7.63. The van der Waals surface area contributed by atoms with Crippen molar-refractivity contribution in [2.75, 3.05) is 6.54 Å². The summed E-state index contributed by atoms with van der Waals surface area (Å²) in [5.41, 5.74) is 5.18. The van der Waals surface area contributed by atoms with Crippen LogP contribution in [-0.4, -0.2) is 23.2 Å². The number of nitrogens with two attached hydrogens (primary N) is 1. The molecule has 0 spiro atoms. The van der Waals surface area contributed by atoms with Crippen molar-refractivity contribution in [3.63, 3.8) is 0 Å². The summed E-state index contributed by atoms with van der Waals surface area (Å²) in [5, 5.41) is 0.675. The number of rotatable bonds is 3. The van der Waals surface area contributed by atoms with Gasteiger partial charge in [0.25, 0.3) is 5.91 Å². The van der Waals surface area contributed by atoms with Crippen LogP contribution in [0.3, 0.4) is 0 Å². The number of aliphatic imine (C=N–C) groups is 1. The van der Waals surface area contributed by atoms with Crippen LogP contribution in [0.15, 0.2) is 53.5 Å². The van der Waals surface area contributed by atoms with Crippen LogP contribution in [0.25, 0.3) is 0 Å². The molecule has 0 bridgehead atoms. The van der Waals surface area contributed by atoms with Crippen LogP contribution >= 0.6 is 11.6 Å². The van der Waals surface area contributed by atoms with E-state index in [0.717, 1.165) is 22.6 Å². The predicted molar refractivity (Wildman–Crippen MR) is 91.5 cm³/mol. The predicted octanol–water partition coefficient (Wildman–Crippen LogP) is 2.78. The van der Waals surface area contributed by atoms with Crippen LogP contribution in [0.5, 0.6) is 0 Å². The molecule has 1 heterocycles. The first-order valence-electron chi connectivity index (χ1n) is 7.26. The number of nitrogens with zero attached hydrogens (tertiary/aromatic N) is 2. The third kappa shape index (κ3) is 3.06. The van der Waals surface area contributed by atoms with E-state index in [-0.39, 0.29) is 18.5 Å². The zero-order valence-corrected chi connectivity index (χ0v) is 13.4. The Morgan fingerprint density at radius 2 is 1.96 bits per heavy atom. The van der Waals surface area contributed by atoms with E-state index in [4.69, 9.17) is 17.4 Å². The fourth-order valence-corrected chi connectivity index (χ4v) is 2.95. The van der Waals surface area contributed by atoms with E-state index >= 15 is 0 Å². The lowest BCUT2D eigenvalue weighted by Crippen LogP contribution is -2.45. The highest BCUT2D eigenvalue weighted by atomic mass is 35.5. The van der Waals surface area contributed by atoms with Gasteiger partial charge in [0.1, 0.15) is 12.4 Å². The number of nitrogens with one attached hydrogen (secondary N) is 1. The number of hydrogen-bond acceptors (Lipinski definition) is 4. The molecule has 3 N–H and O–H groups in total. The highest BCUT2D eigenvalue weighted by Crippen LogP contribution is 2.39. The molecule has 0 saturated heterocycles. The Balaban J connectivity index is 2.10. The standard InChI is InChI=1S/C17H17ClN4O/c1-11-20-15-5-3-2-4-14(15)17(22(11)10-16(23)21-19)12-6-8-13(18)9-7-12/h2-9,17H,10,19H2,1H3,(H,21,23)/t17-/m1/s1. The number of amidine groups is 1. The van der Waals surface area contributed by atoms with E-state index in [1.807, 2.05) is 60.4 Å². The lowest BCUT2D eigenvalue weighted by atomic mass is 9.94. The maximum atomic E-state index is 11.8. The van der Waals surface area contributed by atoms with Gasteiger partial charge in [0, 0.05) is 10.6 Å². The van der Waals surface area contributed by atoms with Crippen molar-refractivity contribution in [2.45, 2.75) is 13.0 Å². The summed E-state index contributed by atoms with van der Waals surface area (Å²) in [6.07, 6.45) is 0. The molecule has 5 nitrogen and oxygen atoms in total. The van der Waals surface area contributed by atoms with Crippen molar-refractivity contribution in [3.8, 4) is 0 Å². The van der Waals surface area contributed by atoms with E-state index in [9.17, 15) is 4.79 Å². The average Bonchev–Trinajstić information content (AvgIpc) is 2.56. The minimum absolute atomic E-state index is 0.113. The number of benzene rings is 2. The lowest BCUT2D eigenvalue weighted by molar-refractivity contribution is -0.121.